The summed E-state index contributed by atoms with van der Waals surface area (Å²) < 4.78 is 6.68. The lowest BCUT2D eigenvalue weighted by Gasteiger charge is -2.39. The average Bonchev–Trinajstić information content (AvgIpc) is 3.13. The van der Waals surface area contributed by atoms with Crippen LogP contribution in [0.3, 0.4) is 0 Å². The summed E-state index contributed by atoms with van der Waals surface area (Å²) >= 11 is 1.77. The lowest BCUT2D eigenvalue weighted by Crippen LogP contribution is -2.51. The van der Waals surface area contributed by atoms with E-state index in [4.69, 9.17) is 14.8 Å². The first kappa shape index (κ1) is 20.6. The number of fused-ring (bicyclic) bond motifs is 1. The zero-order valence-corrected chi connectivity index (χ0v) is 18.4. The summed E-state index contributed by atoms with van der Waals surface area (Å²) in [7, 11) is 0. The molecule has 1 saturated heterocycles. The van der Waals surface area contributed by atoms with Crippen molar-refractivity contribution in [3.63, 3.8) is 0 Å². The van der Waals surface area contributed by atoms with Gasteiger partial charge < -0.3 is 14.7 Å². The number of aryl methyl sites for hydroxylation is 2. The number of thiazole rings is 1. The molecule has 1 aromatic heterocycles. The quantitative estimate of drug-likeness (QED) is 0.642. The van der Waals surface area contributed by atoms with E-state index in [-0.39, 0.29) is 6.61 Å². The van der Waals surface area contributed by atoms with Crippen molar-refractivity contribution in [2.24, 2.45) is 0 Å². The molecule has 1 atom stereocenters. The molecule has 0 bridgehead atoms. The minimum Gasteiger partial charge on any atom is -0.482 e. The molecule has 3 aromatic rings. The molecule has 1 N–H and O–H groups in total. The first-order chi connectivity index (χ1) is 14.4. The van der Waals surface area contributed by atoms with Crippen molar-refractivity contribution in [1.82, 2.24) is 9.88 Å². The summed E-state index contributed by atoms with van der Waals surface area (Å²) in [5, 5.41) is 9.97. The lowest BCUT2D eigenvalue weighted by molar-refractivity contribution is -0.139. The molecule has 0 aliphatic carbocycles. The molecule has 1 aliphatic heterocycles. The van der Waals surface area contributed by atoms with Crippen LogP contribution in [0, 0.1) is 13.8 Å². The van der Waals surface area contributed by atoms with Crippen molar-refractivity contribution in [1.29, 1.82) is 0 Å². The van der Waals surface area contributed by atoms with Crippen molar-refractivity contribution in [2.75, 3.05) is 31.1 Å². The highest BCUT2D eigenvalue weighted by atomic mass is 32.1. The summed E-state index contributed by atoms with van der Waals surface area (Å²) in [6.45, 7) is 9.63. The van der Waals surface area contributed by atoms with Crippen LogP contribution in [0.2, 0.25) is 0 Å². The third-order valence-corrected chi connectivity index (χ3v) is 6.64. The fraction of sp³-hybridized carbons (Fsp3) is 0.391. The van der Waals surface area contributed by atoms with Crippen LogP contribution >= 0.6 is 11.3 Å². The van der Waals surface area contributed by atoms with Crippen LogP contribution in [0.4, 0.5) is 5.13 Å². The highest BCUT2D eigenvalue weighted by Gasteiger charge is 2.26. The van der Waals surface area contributed by atoms with E-state index >= 15 is 0 Å². The second-order valence-electron chi connectivity index (χ2n) is 8.02. The number of hydrogen-bond acceptors (Lipinski definition) is 6. The Labute approximate surface area is 180 Å². The predicted octanol–water partition coefficient (Wildman–Crippen LogP) is 4.09. The second-order valence-corrected chi connectivity index (χ2v) is 9.02. The molecule has 1 fully saturated rings. The van der Waals surface area contributed by atoms with E-state index in [1.54, 1.807) is 11.3 Å². The maximum atomic E-state index is 10.8. The van der Waals surface area contributed by atoms with Gasteiger partial charge in [-0.05, 0) is 55.7 Å². The van der Waals surface area contributed by atoms with E-state index in [1.165, 1.54) is 10.3 Å². The van der Waals surface area contributed by atoms with Gasteiger partial charge in [0.2, 0.25) is 0 Å². The van der Waals surface area contributed by atoms with E-state index in [0.29, 0.717) is 11.8 Å². The molecule has 4 rings (SSSR count). The molecule has 1 unspecified atom stereocenters. The summed E-state index contributed by atoms with van der Waals surface area (Å²) in [6.07, 6.45) is 0. The normalized spacial score (nSPS) is 17.4. The number of nitrogens with zero attached hydrogens (tertiary/aromatic N) is 3. The Kier molecular flexibility index (Phi) is 5.92. The molecular formula is C23H27N3O3S. The third-order valence-electron chi connectivity index (χ3n) is 5.56. The fourth-order valence-corrected chi connectivity index (χ4v) is 4.93. The number of aliphatic carboxylic acids is 1. The monoisotopic (exact) mass is 425 g/mol. The lowest BCUT2D eigenvalue weighted by atomic mass is 10.1. The number of anilines is 1. The van der Waals surface area contributed by atoms with Gasteiger partial charge in [-0.25, -0.2) is 9.78 Å². The summed E-state index contributed by atoms with van der Waals surface area (Å²) in [6, 6.07) is 12.9. The average molecular weight is 426 g/mol. The molecule has 6 nitrogen and oxygen atoms in total. The number of carbonyl (C=O) groups is 1. The van der Waals surface area contributed by atoms with Crippen LogP contribution in [0.1, 0.15) is 23.6 Å². The first-order valence-electron chi connectivity index (χ1n) is 10.2. The number of piperazine rings is 1. The summed E-state index contributed by atoms with van der Waals surface area (Å²) in [4.78, 5) is 20.5. The molecular weight excluding hydrogens is 398 g/mol. The third kappa shape index (κ3) is 4.57. The maximum absolute atomic E-state index is 10.8. The van der Waals surface area contributed by atoms with E-state index in [9.17, 15) is 4.79 Å². The molecule has 0 saturated carbocycles. The Morgan fingerprint density at radius 1 is 1.23 bits per heavy atom. The number of benzene rings is 2. The molecule has 0 spiro atoms. The highest BCUT2D eigenvalue weighted by Crippen LogP contribution is 2.31. The standard InChI is InChI=1S/C23H27N3O3S/c1-15-4-7-19-21(10-15)30-23(24-19)26-9-8-25(17(3)12-26)13-18-6-5-16(2)20(11-18)29-14-22(27)28/h4-7,10-11,17H,8-9,12-14H2,1-3H3,(H,27,28). The Bertz CT molecular complexity index is 1070. The number of carboxylic acid groups (broad SMARTS) is 1. The topological polar surface area (TPSA) is 65.9 Å². The van der Waals surface area contributed by atoms with Gasteiger partial charge in [0, 0.05) is 32.2 Å². The molecule has 2 heterocycles. The van der Waals surface area contributed by atoms with E-state index in [0.717, 1.165) is 48.0 Å². The largest absolute Gasteiger partial charge is 0.482 e. The van der Waals surface area contributed by atoms with Crippen LogP contribution in [0.5, 0.6) is 5.75 Å². The minimum atomic E-state index is -0.963. The number of rotatable bonds is 6. The molecule has 7 heteroatoms. The van der Waals surface area contributed by atoms with Crippen LogP contribution in [-0.2, 0) is 11.3 Å². The van der Waals surface area contributed by atoms with Gasteiger partial charge in [0.15, 0.2) is 11.7 Å². The molecule has 30 heavy (non-hydrogen) atoms. The van der Waals surface area contributed by atoms with Gasteiger partial charge in [-0.3, -0.25) is 4.90 Å². The Hall–Kier alpha value is -2.64. The Balaban J connectivity index is 1.42. The smallest absolute Gasteiger partial charge is 0.341 e. The van der Waals surface area contributed by atoms with Gasteiger partial charge in [-0.1, -0.05) is 29.5 Å². The van der Waals surface area contributed by atoms with Crippen molar-refractivity contribution in [3.8, 4) is 5.75 Å². The molecule has 2 aromatic carbocycles. The summed E-state index contributed by atoms with van der Waals surface area (Å²) in [5.41, 5.74) is 4.42. The Morgan fingerprint density at radius 2 is 2.07 bits per heavy atom. The van der Waals surface area contributed by atoms with Gasteiger partial charge in [-0.15, -0.1) is 0 Å². The van der Waals surface area contributed by atoms with Gasteiger partial charge >= 0.3 is 5.97 Å². The van der Waals surface area contributed by atoms with Crippen molar-refractivity contribution in [3.05, 3.63) is 53.1 Å². The van der Waals surface area contributed by atoms with Crippen LogP contribution in [0.25, 0.3) is 10.2 Å². The zero-order valence-electron chi connectivity index (χ0n) is 17.6. The molecule has 0 radical (unpaired) electrons. The van der Waals surface area contributed by atoms with Crippen LogP contribution in [0.15, 0.2) is 36.4 Å². The van der Waals surface area contributed by atoms with Gasteiger partial charge in [-0.2, -0.15) is 0 Å². The minimum absolute atomic E-state index is 0.318. The number of carboxylic acids is 1. The summed E-state index contributed by atoms with van der Waals surface area (Å²) in [5.74, 6) is -0.319. The van der Waals surface area contributed by atoms with Crippen LogP contribution < -0.4 is 9.64 Å². The maximum Gasteiger partial charge on any atom is 0.341 e. The van der Waals surface area contributed by atoms with Gasteiger partial charge in [0.25, 0.3) is 0 Å². The van der Waals surface area contributed by atoms with Crippen molar-refractivity contribution < 1.29 is 14.6 Å². The van der Waals surface area contributed by atoms with Crippen molar-refractivity contribution in [2.45, 2.75) is 33.4 Å². The van der Waals surface area contributed by atoms with Gasteiger partial charge in [0.1, 0.15) is 5.75 Å². The predicted molar refractivity (Wildman–Crippen MR) is 121 cm³/mol. The molecule has 158 valence electrons. The highest BCUT2D eigenvalue weighted by molar-refractivity contribution is 7.22. The molecule has 1 aliphatic rings. The zero-order chi connectivity index (χ0) is 21.3. The van der Waals surface area contributed by atoms with Crippen LogP contribution in [-0.4, -0.2) is 53.2 Å². The fourth-order valence-electron chi connectivity index (χ4n) is 3.83. The number of ether oxygens (including phenoxy) is 1. The van der Waals surface area contributed by atoms with Gasteiger partial charge in [0.05, 0.1) is 10.2 Å². The Morgan fingerprint density at radius 3 is 2.83 bits per heavy atom. The van der Waals surface area contributed by atoms with E-state index in [1.807, 2.05) is 19.1 Å². The SMILES string of the molecule is Cc1ccc2nc(N3CCN(Cc4ccc(C)c(OCC(=O)O)c4)C(C)C3)sc2c1. The molecule has 0 amide bonds. The van der Waals surface area contributed by atoms with E-state index < -0.39 is 5.97 Å². The second kappa shape index (κ2) is 8.62. The number of hydrogen-bond donors (Lipinski definition) is 1. The number of aromatic nitrogens is 1. The van der Waals surface area contributed by atoms with Crippen molar-refractivity contribution >= 4 is 32.7 Å². The first-order valence-corrected chi connectivity index (χ1v) is 11.0. The van der Waals surface area contributed by atoms with E-state index in [2.05, 4.69) is 47.9 Å².